The van der Waals surface area contributed by atoms with E-state index in [4.69, 9.17) is 0 Å². The quantitative estimate of drug-likeness (QED) is 0.329. The van der Waals surface area contributed by atoms with E-state index < -0.39 is 0 Å². The van der Waals surface area contributed by atoms with Gasteiger partial charge in [0.05, 0.1) is 0 Å². The van der Waals surface area contributed by atoms with E-state index in [1.807, 2.05) is 24.3 Å². The highest BCUT2D eigenvalue weighted by Gasteiger charge is 2.26. The van der Waals surface area contributed by atoms with Crippen molar-refractivity contribution in [1.82, 2.24) is 14.8 Å². The van der Waals surface area contributed by atoms with Crippen molar-refractivity contribution in [2.75, 3.05) is 13.1 Å². The number of amides is 1. The van der Waals surface area contributed by atoms with Crippen LogP contribution in [0, 0.1) is 5.82 Å². The molecule has 0 bridgehead atoms. The van der Waals surface area contributed by atoms with Crippen LogP contribution in [0.1, 0.15) is 48.8 Å². The van der Waals surface area contributed by atoms with E-state index in [-0.39, 0.29) is 23.7 Å². The third-order valence-electron chi connectivity index (χ3n) is 7.38. The second kappa shape index (κ2) is 11.1. The number of halogens is 1. The summed E-state index contributed by atoms with van der Waals surface area (Å²) in [5, 5.41) is 4.41. The molecule has 1 fully saturated rings. The van der Waals surface area contributed by atoms with Crippen LogP contribution in [-0.2, 0) is 17.9 Å². The number of piperidine rings is 1. The third kappa shape index (κ3) is 5.52. The Bertz CT molecular complexity index is 1310. The predicted molar refractivity (Wildman–Crippen MR) is 143 cm³/mol. The van der Waals surface area contributed by atoms with Gasteiger partial charge in [-0.25, -0.2) is 4.39 Å². The first kappa shape index (κ1) is 24.3. The summed E-state index contributed by atoms with van der Waals surface area (Å²) in [7, 11) is 0. The molecule has 0 spiro atoms. The topological polar surface area (TPSA) is 37.3 Å². The molecule has 1 amide bonds. The zero-order chi connectivity index (χ0) is 24.9. The summed E-state index contributed by atoms with van der Waals surface area (Å²) in [5.74, 6) is -0.460. The van der Waals surface area contributed by atoms with E-state index in [2.05, 4.69) is 64.3 Å². The number of carbonyl (C=O) groups is 1. The minimum absolute atomic E-state index is 0.0269. The lowest BCUT2D eigenvalue weighted by Crippen LogP contribution is -2.44. The van der Waals surface area contributed by atoms with Gasteiger partial charge in [0.25, 0.3) is 0 Å². The number of para-hydroxylation sites is 1. The summed E-state index contributed by atoms with van der Waals surface area (Å²) >= 11 is 0. The molecule has 186 valence electrons. The maximum absolute atomic E-state index is 14.2. The lowest BCUT2D eigenvalue weighted by atomic mass is 9.87. The number of hydrogen-bond acceptors (Lipinski definition) is 2. The number of benzene rings is 3. The average Bonchev–Trinajstić information content (AvgIpc) is 3.28. The molecule has 1 saturated heterocycles. The number of hydrogen-bond donors (Lipinski definition) is 1. The van der Waals surface area contributed by atoms with Crippen LogP contribution >= 0.6 is 0 Å². The number of carbonyl (C=O) groups excluding carboxylic acids is 1. The molecule has 1 aromatic heterocycles. The molecule has 1 N–H and O–H groups in total. The van der Waals surface area contributed by atoms with Crippen LogP contribution < -0.4 is 5.32 Å². The van der Waals surface area contributed by atoms with Crippen LogP contribution in [0.3, 0.4) is 0 Å². The van der Waals surface area contributed by atoms with Crippen LogP contribution in [0.25, 0.3) is 10.9 Å². The Morgan fingerprint density at radius 3 is 2.50 bits per heavy atom. The summed E-state index contributed by atoms with van der Waals surface area (Å²) in [4.78, 5) is 15.8. The van der Waals surface area contributed by atoms with Gasteiger partial charge in [-0.05, 0) is 54.7 Å². The summed E-state index contributed by atoms with van der Waals surface area (Å²) in [5.41, 5.74) is 4.37. The lowest BCUT2D eigenvalue weighted by Gasteiger charge is -2.32. The van der Waals surface area contributed by atoms with Crippen LogP contribution in [0.5, 0.6) is 0 Å². The molecule has 1 aliphatic rings. The molecule has 4 aromatic rings. The fraction of sp³-hybridized carbons (Fsp3) is 0.323. The van der Waals surface area contributed by atoms with Gasteiger partial charge in [-0.3, -0.25) is 9.69 Å². The Hall–Kier alpha value is -3.44. The third-order valence-corrected chi connectivity index (χ3v) is 7.38. The zero-order valence-electron chi connectivity index (χ0n) is 20.9. The molecular weight excluding hydrogens is 449 g/mol. The highest BCUT2D eigenvalue weighted by atomic mass is 19.1. The first-order valence-electron chi connectivity index (χ1n) is 13.0. The van der Waals surface area contributed by atoms with Gasteiger partial charge in [-0.15, -0.1) is 0 Å². The Morgan fingerprint density at radius 1 is 1.00 bits per heavy atom. The first-order chi connectivity index (χ1) is 17.6. The summed E-state index contributed by atoms with van der Waals surface area (Å²) in [6.45, 7) is 5.84. The standard InChI is InChI=1S/C31H34FN3O/c1-2-35-22-29(27-13-6-7-14-30(27)35)28(24-11-8-12-25(32)19-24)20-31(36)33-26-15-17-34(18-16-26)21-23-9-4-3-5-10-23/h3-14,19,22,26,28H,2,15-18,20-21H2,1H3,(H,33,36). The van der Waals surface area contributed by atoms with Crippen molar-refractivity contribution in [3.05, 3.63) is 108 Å². The van der Waals surface area contributed by atoms with Crippen molar-refractivity contribution in [3.63, 3.8) is 0 Å². The van der Waals surface area contributed by atoms with Crippen LogP contribution in [0.15, 0.2) is 85.1 Å². The molecule has 0 saturated carbocycles. The molecule has 4 nitrogen and oxygen atoms in total. The fourth-order valence-electron chi connectivity index (χ4n) is 5.49. The van der Waals surface area contributed by atoms with E-state index in [1.165, 1.54) is 11.6 Å². The maximum atomic E-state index is 14.2. The van der Waals surface area contributed by atoms with Crippen molar-refractivity contribution in [2.45, 2.75) is 51.2 Å². The van der Waals surface area contributed by atoms with Crippen molar-refractivity contribution in [1.29, 1.82) is 0 Å². The number of rotatable bonds is 8. The van der Waals surface area contributed by atoms with E-state index in [0.29, 0.717) is 6.42 Å². The highest BCUT2D eigenvalue weighted by molar-refractivity contribution is 5.86. The number of aryl methyl sites for hydroxylation is 1. The summed E-state index contributed by atoms with van der Waals surface area (Å²) < 4.78 is 16.4. The maximum Gasteiger partial charge on any atom is 0.221 e. The zero-order valence-corrected chi connectivity index (χ0v) is 20.9. The minimum atomic E-state index is -0.275. The number of nitrogens with zero attached hydrogens (tertiary/aromatic N) is 2. The van der Waals surface area contributed by atoms with E-state index >= 15 is 0 Å². The summed E-state index contributed by atoms with van der Waals surface area (Å²) in [6, 6.07) is 25.7. The molecule has 1 aliphatic heterocycles. The molecule has 5 heteroatoms. The van der Waals surface area contributed by atoms with Crippen molar-refractivity contribution in [3.8, 4) is 0 Å². The molecule has 2 heterocycles. The Balaban J connectivity index is 1.30. The molecule has 36 heavy (non-hydrogen) atoms. The summed E-state index contributed by atoms with van der Waals surface area (Å²) in [6.07, 6.45) is 4.32. The van der Waals surface area contributed by atoms with Crippen LogP contribution in [0.4, 0.5) is 4.39 Å². The van der Waals surface area contributed by atoms with Gasteiger partial charge in [0.1, 0.15) is 5.82 Å². The number of nitrogens with one attached hydrogen (secondary N) is 1. The fourth-order valence-corrected chi connectivity index (χ4v) is 5.49. The molecule has 0 aliphatic carbocycles. The van der Waals surface area contributed by atoms with Gasteiger partial charge in [0, 0.05) is 61.7 Å². The monoisotopic (exact) mass is 483 g/mol. The smallest absolute Gasteiger partial charge is 0.221 e. The molecule has 0 radical (unpaired) electrons. The SMILES string of the molecule is CCn1cc(C(CC(=O)NC2CCN(Cc3ccccc3)CC2)c2cccc(F)c2)c2ccccc21. The minimum Gasteiger partial charge on any atom is -0.353 e. The average molecular weight is 484 g/mol. The van der Waals surface area contributed by atoms with Crippen LogP contribution in [-0.4, -0.2) is 34.5 Å². The van der Waals surface area contributed by atoms with Crippen LogP contribution in [0.2, 0.25) is 0 Å². The van der Waals surface area contributed by atoms with Gasteiger partial charge < -0.3 is 9.88 Å². The van der Waals surface area contributed by atoms with E-state index in [0.717, 1.165) is 61.1 Å². The Labute approximate surface area is 212 Å². The highest BCUT2D eigenvalue weighted by Crippen LogP contribution is 2.35. The Kier molecular flexibility index (Phi) is 7.47. The second-order valence-corrected chi connectivity index (χ2v) is 9.80. The van der Waals surface area contributed by atoms with Gasteiger partial charge in [0.15, 0.2) is 0 Å². The molecule has 5 rings (SSSR count). The van der Waals surface area contributed by atoms with Crippen molar-refractivity contribution < 1.29 is 9.18 Å². The first-order valence-corrected chi connectivity index (χ1v) is 13.0. The predicted octanol–water partition coefficient (Wildman–Crippen LogP) is 6.10. The molecule has 1 atom stereocenters. The van der Waals surface area contributed by atoms with Gasteiger partial charge in [-0.1, -0.05) is 60.7 Å². The van der Waals surface area contributed by atoms with Gasteiger partial charge in [0.2, 0.25) is 5.91 Å². The van der Waals surface area contributed by atoms with E-state index in [9.17, 15) is 9.18 Å². The van der Waals surface area contributed by atoms with Crippen molar-refractivity contribution >= 4 is 16.8 Å². The number of aromatic nitrogens is 1. The lowest BCUT2D eigenvalue weighted by molar-refractivity contribution is -0.122. The van der Waals surface area contributed by atoms with Crippen molar-refractivity contribution in [2.24, 2.45) is 0 Å². The van der Waals surface area contributed by atoms with Gasteiger partial charge in [-0.2, -0.15) is 0 Å². The second-order valence-electron chi connectivity index (χ2n) is 9.80. The molecule has 1 unspecified atom stereocenters. The normalized spacial score (nSPS) is 15.7. The number of fused-ring (bicyclic) bond motifs is 1. The van der Waals surface area contributed by atoms with E-state index in [1.54, 1.807) is 12.1 Å². The van der Waals surface area contributed by atoms with Gasteiger partial charge >= 0.3 is 0 Å². The molecule has 3 aromatic carbocycles. The Morgan fingerprint density at radius 2 is 1.75 bits per heavy atom. The molecular formula is C31H34FN3O. The number of likely N-dealkylation sites (tertiary alicyclic amines) is 1. The largest absolute Gasteiger partial charge is 0.353 e.